The maximum absolute atomic E-state index is 5.67. The number of aromatic nitrogens is 2. The van der Waals surface area contributed by atoms with Crippen molar-refractivity contribution in [1.82, 2.24) is 15.5 Å². The van der Waals surface area contributed by atoms with Crippen LogP contribution in [0.2, 0.25) is 0 Å². The Balaban J connectivity index is 1.76. The minimum atomic E-state index is 0.334. The van der Waals surface area contributed by atoms with Crippen LogP contribution in [-0.2, 0) is 6.54 Å². The Kier molecular flexibility index (Phi) is 3.34. The summed E-state index contributed by atoms with van der Waals surface area (Å²) >= 11 is 3.51. The van der Waals surface area contributed by atoms with Crippen LogP contribution in [-0.4, -0.2) is 16.8 Å². The average Bonchev–Trinajstić information content (AvgIpc) is 2.89. The molecule has 0 amide bonds. The number of H-pyrrole nitrogens is 1. The molecule has 1 aromatic heterocycles. The first kappa shape index (κ1) is 11.7. The minimum Gasteiger partial charge on any atom is -0.493 e. The summed E-state index contributed by atoms with van der Waals surface area (Å²) in [6, 6.07) is 6.49. The molecule has 0 spiro atoms. The number of benzene rings is 1. The molecule has 4 nitrogen and oxygen atoms in total. The molecule has 3 rings (SSSR count). The number of halogens is 1. The molecule has 2 aromatic rings. The molecule has 0 radical (unpaired) electrons. The standard InChI is InChI=1S/C13H14BrN3O/c14-10-1-2-13-11(5-10)12(3-4-18-13)15-6-9-7-16-17-8-9/h1-2,5,7-8,12,15H,3-4,6H2,(H,16,17). The summed E-state index contributed by atoms with van der Waals surface area (Å²) in [5, 5.41) is 10.3. The lowest BCUT2D eigenvalue weighted by molar-refractivity contribution is 0.252. The highest BCUT2D eigenvalue weighted by Crippen LogP contribution is 2.34. The van der Waals surface area contributed by atoms with E-state index in [4.69, 9.17) is 4.74 Å². The van der Waals surface area contributed by atoms with Crippen molar-refractivity contribution >= 4 is 15.9 Å². The Bertz CT molecular complexity index is 527. The topological polar surface area (TPSA) is 49.9 Å². The summed E-state index contributed by atoms with van der Waals surface area (Å²) in [5.41, 5.74) is 2.39. The van der Waals surface area contributed by atoms with Crippen molar-refractivity contribution in [3.05, 3.63) is 46.2 Å². The van der Waals surface area contributed by atoms with E-state index in [1.54, 1.807) is 0 Å². The largest absolute Gasteiger partial charge is 0.493 e. The second kappa shape index (κ2) is 5.12. The van der Waals surface area contributed by atoms with E-state index >= 15 is 0 Å². The maximum Gasteiger partial charge on any atom is 0.124 e. The Morgan fingerprint density at radius 1 is 1.50 bits per heavy atom. The van der Waals surface area contributed by atoms with Crippen molar-refractivity contribution in [1.29, 1.82) is 0 Å². The highest BCUT2D eigenvalue weighted by atomic mass is 79.9. The molecule has 5 heteroatoms. The molecular weight excluding hydrogens is 294 g/mol. The Morgan fingerprint density at radius 2 is 2.44 bits per heavy atom. The van der Waals surface area contributed by atoms with Gasteiger partial charge in [-0.2, -0.15) is 5.10 Å². The van der Waals surface area contributed by atoms with Crippen molar-refractivity contribution in [2.75, 3.05) is 6.61 Å². The van der Waals surface area contributed by atoms with E-state index in [-0.39, 0.29) is 0 Å². The van der Waals surface area contributed by atoms with Gasteiger partial charge in [0.05, 0.1) is 12.8 Å². The van der Waals surface area contributed by atoms with Gasteiger partial charge in [0, 0.05) is 40.8 Å². The fourth-order valence-corrected chi connectivity index (χ4v) is 2.57. The minimum absolute atomic E-state index is 0.334. The first-order valence-corrected chi connectivity index (χ1v) is 6.75. The van der Waals surface area contributed by atoms with Crippen LogP contribution in [0.25, 0.3) is 0 Å². The van der Waals surface area contributed by atoms with Crippen LogP contribution >= 0.6 is 15.9 Å². The Labute approximate surface area is 114 Å². The maximum atomic E-state index is 5.67. The predicted octanol–water partition coefficient (Wildman–Crippen LogP) is 2.79. The van der Waals surface area contributed by atoms with E-state index in [1.807, 2.05) is 24.5 Å². The van der Waals surface area contributed by atoms with Gasteiger partial charge >= 0.3 is 0 Å². The molecule has 2 heterocycles. The van der Waals surface area contributed by atoms with Crippen LogP contribution in [0.4, 0.5) is 0 Å². The van der Waals surface area contributed by atoms with E-state index in [2.05, 4.69) is 37.5 Å². The van der Waals surface area contributed by atoms with Crippen molar-refractivity contribution in [2.45, 2.75) is 19.0 Å². The number of ether oxygens (including phenoxy) is 1. The number of rotatable bonds is 3. The molecule has 2 N–H and O–H groups in total. The number of hydrogen-bond acceptors (Lipinski definition) is 3. The first-order chi connectivity index (χ1) is 8.83. The summed E-state index contributed by atoms with van der Waals surface area (Å²) in [7, 11) is 0. The second-order valence-electron chi connectivity index (χ2n) is 4.36. The zero-order valence-electron chi connectivity index (χ0n) is 9.82. The lowest BCUT2D eigenvalue weighted by Gasteiger charge is -2.27. The van der Waals surface area contributed by atoms with Crippen LogP contribution in [0.3, 0.4) is 0 Å². The molecule has 1 atom stereocenters. The summed E-state index contributed by atoms with van der Waals surface area (Å²) in [5.74, 6) is 0.981. The lowest BCUT2D eigenvalue weighted by Crippen LogP contribution is -2.26. The highest BCUT2D eigenvalue weighted by Gasteiger charge is 2.21. The lowest BCUT2D eigenvalue weighted by atomic mass is 10.0. The van der Waals surface area contributed by atoms with Gasteiger partial charge in [-0.25, -0.2) is 0 Å². The molecule has 1 unspecified atom stereocenters. The van der Waals surface area contributed by atoms with Gasteiger partial charge in [-0.05, 0) is 18.2 Å². The van der Waals surface area contributed by atoms with Gasteiger partial charge in [0.1, 0.15) is 5.75 Å². The second-order valence-corrected chi connectivity index (χ2v) is 5.27. The number of nitrogens with one attached hydrogen (secondary N) is 2. The van der Waals surface area contributed by atoms with E-state index < -0.39 is 0 Å². The highest BCUT2D eigenvalue weighted by molar-refractivity contribution is 9.10. The zero-order chi connectivity index (χ0) is 12.4. The normalized spacial score (nSPS) is 18.2. The van der Waals surface area contributed by atoms with Crippen LogP contribution in [0.15, 0.2) is 35.1 Å². The van der Waals surface area contributed by atoms with E-state index in [0.29, 0.717) is 6.04 Å². The van der Waals surface area contributed by atoms with Gasteiger partial charge in [0.15, 0.2) is 0 Å². The molecule has 0 saturated carbocycles. The summed E-state index contributed by atoms with van der Waals surface area (Å²) in [4.78, 5) is 0. The quantitative estimate of drug-likeness (QED) is 0.917. The van der Waals surface area contributed by atoms with Gasteiger partial charge in [-0.1, -0.05) is 15.9 Å². The average molecular weight is 308 g/mol. The molecule has 1 aliphatic rings. The predicted molar refractivity (Wildman–Crippen MR) is 72.4 cm³/mol. The fraction of sp³-hybridized carbons (Fsp3) is 0.308. The van der Waals surface area contributed by atoms with Crippen LogP contribution in [0.5, 0.6) is 5.75 Å². The smallest absolute Gasteiger partial charge is 0.124 e. The van der Waals surface area contributed by atoms with Crippen LogP contribution in [0.1, 0.15) is 23.6 Å². The SMILES string of the molecule is Brc1ccc2c(c1)C(NCc1cn[nH]c1)CCO2. The molecule has 1 aliphatic heterocycles. The Morgan fingerprint density at radius 3 is 3.28 bits per heavy atom. The monoisotopic (exact) mass is 307 g/mol. The Hall–Kier alpha value is -1.33. The summed E-state index contributed by atoms with van der Waals surface area (Å²) in [6.45, 7) is 1.57. The van der Waals surface area contributed by atoms with Crippen LogP contribution < -0.4 is 10.1 Å². The van der Waals surface area contributed by atoms with E-state index in [1.165, 1.54) is 5.56 Å². The zero-order valence-corrected chi connectivity index (χ0v) is 11.4. The number of fused-ring (bicyclic) bond motifs is 1. The molecular formula is C13H14BrN3O. The molecule has 94 valence electrons. The number of aromatic amines is 1. The van der Waals surface area contributed by atoms with E-state index in [9.17, 15) is 0 Å². The first-order valence-electron chi connectivity index (χ1n) is 5.96. The van der Waals surface area contributed by atoms with Crippen molar-refractivity contribution in [2.24, 2.45) is 0 Å². The van der Waals surface area contributed by atoms with Crippen molar-refractivity contribution in [3.8, 4) is 5.75 Å². The third kappa shape index (κ3) is 2.42. The van der Waals surface area contributed by atoms with Gasteiger partial charge in [0.2, 0.25) is 0 Å². The molecule has 0 bridgehead atoms. The fourth-order valence-electron chi connectivity index (χ4n) is 2.19. The summed E-state index contributed by atoms with van der Waals surface area (Å²) in [6.07, 6.45) is 4.74. The molecule has 18 heavy (non-hydrogen) atoms. The third-order valence-corrected chi connectivity index (χ3v) is 3.61. The molecule has 1 aromatic carbocycles. The van der Waals surface area contributed by atoms with Gasteiger partial charge in [-0.15, -0.1) is 0 Å². The van der Waals surface area contributed by atoms with Gasteiger partial charge in [0.25, 0.3) is 0 Å². The van der Waals surface area contributed by atoms with Crippen molar-refractivity contribution in [3.63, 3.8) is 0 Å². The molecule has 0 fully saturated rings. The summed E-state index contributed by atoms with van der Waals surface area (Å²) < 4.78 is 6.75. The number of hydrogen-bond donors (Lipinski definition) is 2. The molecule has 0 saturated heterocycles. The van der Waals surface area contributed by atoms with Gasteiger partial charge in [-0.3, -0.25) is 5.10 Å². The van der Waals surface area contributed by atoms with Gasteiger partial charge < -0.3 is 10.1 Å². The number of nitrogens with zero attached hydrogens (tertiary/aromatic N) is 1. The van der Waals surface area contributed by atoms with Crippen LogP contribution in [0, 0.1) is 0 Å². The van der Waals surface area contributed by atoms with Crippen molar-refractivity contribution < 1.29 is 4.74 Å². The third-order valence-electron chi connectivity index (χ3n) is 3.12. The molecule has 0 aliphatic carbocycles. The van der Waals surface area contributed by atoms with E-state index in [0.717, 1.165) is 35.4 Å².